The van der Waals surface area contributed by atoms with Crippen molar-refractivity contribution in [3.8, 4) is 0 Å². The molecular formula is C13H21BrN2O2S2. The molecule has 0 spiro atoms. The van der Waals surface area contributed by atoms with Crippen LogP contribution in [-0.2, 0) is 10.0 Å². The van der Waals surface area contributed by atoms with E-state index in [1.165, 1.54) is 11.3 Å². The monoisotopic (exact) mass is 380 g/mol. The summed E-state index contributed by atoms with van der Waals surface area (Å²) < 4.78 is 28.1. The molecule has 1 aliphatic heterocycles. The van der Waals surface area contributed by atoms with Gasteiger partial charge in [0, 0.05) is 13.1 Å². The maximum absolute atomic E-state index is 12.6. The van der Waals surface area contributed by atoms with Gasteiger partial charge in [-0.2, -0.15) is 4.31 Å². The molecule has 4 nitrogen and oxygen atoms in total. The van der Waals surface area contributed by atoms with Gasteiger partial charge in [-0.05, 0) is 73.3 Å². The highest BCUT2D eigenvalue weighted by atomic mass is 79.9. The van der Waals surface area contributed by atoms with Crippen LogP contribution in [0.4, 0.5) is 0 Å². The number of nitrogens with one attached hydrogen (secondary N) is 1. The Bertz CT molecular complexity index is 529. The number of halogens is 1. The van der Waals surface area contributed by atoms with Gasteiger partial charge in [0.1, 0.15) is 4.21 Å². The molecular weight excluding hydrogens is 360 g/mol. The first-order valence-corrected chi connectivity index (χ1v) is 9.90. The van der Waals surface area contributed by atoms with Crippen molar-refractivity contribution >= 4 is 37.3 Å². The minimum Gasteiger partial charge on any atom is -0.320 e. The number of nitrogens with zero attached hydrogens (tertiary/aromatic N) is 1. The van der Waals surface area contributed by atoms with Crippen LogP contribution < -0.4 is 5.32 Å². The summed E-state index contributed by atoms with van der Waals surface area (Å²) in [4.78, 5) is 0. The van der Waals surface area contributed by atoms with Gasteiger partial charge in [-0.25, -0.2) is 8.42 Å². The fourth-order valence-electron chi connectivity index (χ4n) is 2.47. The van der Waals surface area contributed by atoms with E-state index in [9.17, 15) is 8.42 Å². The lowest BCUT2D eigenvalue weighted by molar-refractivity contribution is 0.263. The third kappa shape index (κ3) is 3.62. The first-order valence-electron chi connectivity index (χ1n) is 6.86. The highest BCUT2D eigenvalue weighted by Crippen LogP contribution is 2.33. The first-order chi connectivity index (χ1) is 9.45. The Morgan fingerprint density at radius 1 is 1.45 bits per heavy atom. The minimum absolute atomic E-state index is 0.454. The van der Waals surface area contributed by atoms with Crippen molar-refractivity contribution in [3.63, 3.8) is 0 Å². The van der Waals surface area contributed by atoms with E-state index in [1.807, 2.05) is 14.0 Å². The zero-order valence-corrected chi connectivity index (χ0v) is 15.1. The van der Waals surface area contributed by atoms with Crippen molar-refractivity contribution in [1.29, 1.82) is 0 Å². The molecule has 1 saturated heterocycles. The molecule has 0 unspecified atom stereocenters. The zero-order valence-electron chi connectivity index (χ0n) is 11.9. The standard InChI is InChI=1S/C13H21BrN2O2S2/c1-10-9-12(19-13(10)14)20(17,18)16-7-4-11(5-8-16)3-6-15-2/h9,11,15H,3-8H2,1-2H3. The Labute approximate surface area is 133 Å². The topological polar surface area (TPSA) is 49.4 Å². The maximum Gasteiger partial charge on any atom is 0.252 e. The van der Waals surface area contributed by atoms with Crippen LogP contribution in [-0.4, -0.2) is 39.4 Å². The van der Waals surface area contributed by atoms with Crippen molar-refractivity contribution in [2.24, 2.45) is 5.92 Å². The minimum atomic E-state index is -3.30. The molecule has 0 saturated carbocycles. The number of aryl methyl sites for hydroxylation is 1. The number of sulfonamides is 1. The number of thiophene rings is 1. The molecule has 20 heavy (non-hydrogen) atoms. The predicted molar refractivity (Wildman–Crippen MR) is 86.8 cm³/mol. The van der Waals surface area contributed by atoms with Gasteiger partial charge in [0.15, 0.2) is 0 Å². The molecule has 2 rings (SSSR count). The Balaban J connectivity index is 2.02. The summed E-state index contributed by atoms with van der Waals surface area (Å²) >= 11 is 4.71. The molecule has 7 heteroatoms. The summed E-state index contributed by atoms with van der Waals surface area (Å²) in [5.74, 6) is 0.644. The van der Waals surface area contributed by atoms with Gasteiger partial charge in [-0.1, -0.05) is 0 Å². The van der Waals surface area contributed by atoms with Crippen LogP contribution in [0, 0.1) is 12.8 Å². The molecule has 1 aromatic heterocycles. The second-order valence-corrected chi connectivity index (χ2v) is 9.80. The number of piperidine rings is 1. The molecule has 1 fully saturated rings. The van der Waals surface area contributed by atoms with E-state index in [2.05, 4.69) is 21.2 Å². The quantitative estimate of drug-likeness (QED) is 0.853. The van der Waals surface area contributed by atoms with E-state index in [0.717, 1.165) is 35.2 Å². The smallest absolute Gasteiger partial charge is 0.252 e. The first kappa shape index (κ1) is 16.4. The predicted octanol–water partition coefficient (Wildman–Crippen LogP) is 2.83. The summed E-state index contributed by atoms with van der Waals surface area (Å²) in [7, 11) is -1.35. The molecule has 0 bridgehead atoms. The van der Waals surface area contributed by atoms with Gasteiger partial charge in [-0.15, -0.1) is 11.3 Å². The molecule has 114 valence electrons. The Morgan fingerprint density at radius 2 is 2.10 bits per heavy atom. The van der Waals surface area contributed by atoms with Crippen LogP contribution in [0.5, 0.6) is 0 Å². The maximum atomic E-state index is 12.6. The lowest BCUT2D eigenvalue weighted by atomic mass is 9.95. The van der Waals surface area contributed by atoms with Crippen LogP contribution in [0.25, 0.3) is 0 Å². The number of hydrogen-bond acceptors (Lipinski definition) is 4. The van der Waals surface area contributed by atoms with Gasteiger partial charge < -0.3 is 5.32 Å². The van der Waals surface area contributed by atoms with Crippen molar-refractivity contribution < 1.29 is 8.42 Å². The molecule has 1 N–H and O–H groups in total. The third-order valence-electron chi connectivity index (χ3n) is 3.80. The van der Waals surface area contributed by atoms with Crippen molar-refractivity contribution in [3.05, 3.63) is 15.4 Å². The van der Waals surface area contributed by atoms with Gasteiger partial charge in [0.25, 0.3) is 10.0 Å². The highest BCUT2D eigenvalue weighted by Gasteiger charge is 2.30. The van der Waals surface area contributed by atoms with E-state index in [0.29, 0.717) is 23.2 Å². The normalized spacial score (nSPS) is 18.6. The van der Waals surface area contributed by atoms with Crippen LogP contribution in [0.15, 0.2) is 14.1 Å². The van der Waals surface area contributed by atoms with E-state index >= 15 is 0 Å². The van der Waals surface area contributed by atoms with Crippen LogP contribution in [0.2, 0.25) is 0 Å². The molecule has 0 radical (unpaired) electrons. The summed E-state index contributed by atoms with van der Waals surface area (Å²) in [6, 6.07) is 1.76. The van der Waals surface area contributed by atoms with E-state index < -0.39 is 10.0 Å². The fraction of sp³-hybridized carbons (Fsp3) is 0.692. The molecule has 1 aliphatic rings. The van der Waals surface area contributed by atoms with Crippen LogP contribution >= 0.6 is 27.3 Å². The van der Waals surface area contributed by atoms with Crippen molar-refractivity contribution in [1.82, 2.24) is 9.62 Å². The molecule has 0 aromatic carbocycles. The van der Waals surface area contributed by atoms with Gasteiger partial charge in [-0.3, -0.25) is 0 Å². The average Bonchev–Trinajstić information content (AvgIpc) is 2.77. The summed E-state index contributed by atoms with van der Waals surface area (Å²) in [6.45, 7) is 4.22. The van der Waals surface area contributed by atoms with E-state index in [-0.39, 0.29) is 0 Å². The summed E-state index contributed by atoms with van der Waals surface area (Å²) in [5, 5.41) is 3.16. The van der Waals surface area contributed by atoms with Crippen LogP contribution in [0.3, 0.4) is 0 Å². The second kappa shape index (κ2) is 6.87. The van der Waals surface area contributed by atoms with Crippen LogP contribution in [0.1, 0.15) is 24.8 Å². The summed E-state index contributed by atoms with van der Waals surface area (Å²) in [5.41, 5.74) is 0.984. The van der Waals surface area contributed by atoms with Crippen molar-refractivity contribution in [2.45, 2.75) is 30.4 Å². The summed E-state index contributed by atoms with van der Waals surface area (Å²) in [6.07, 6.45) is 3.06. The molecule has 1 aromatic rings. The molecule has 2 heterocycles. The fourth-order valence-corrected chi connectivity index (χ4v) is 6.32. The zero-order chi connectivity index (χ0) is 14.8. The van der Waals surface area contributed by atoms with Crippen molar-refractivity contribution in [2.75, 3.05) is 26.7 Å². The number of rotatable bonds is 5. The van der Waals surface area contributed by atoms with E-state index in [1.54, 1.807) is 10.4 Å². The largest absolute Gasteiger partial charge is 0.320 e. The molecule has 0 amide bonds. The lowest BCUT2D eigenvalue weighted by Crippen LogP contribution is -2.38. The highest BCUT2D eigenvalue weighted by molar-refractivity contribution is 9.11. The Morgan fingerprint density at radius 3 is 2.60 bits per heavy atom. The van der Waals surface area contributed by atoms with Gasteiger partial charge in [0.2, 0.25) is 0 Å². The van der Waals surface area contributed by atoms with Gasteiger partial charge >= 0.3 is 0 Å². The number of hydrogen-bond donors (Lipinski definition) is 1. The van der Waals surface area contributed by atoms with Gasteiger partial charge in [0.05, 0.1) is 3.79 Å². The Hall–Kier alpha value is 0.0500. The second-order valence-electron chi connectivity index (χ2n) is 5.26. The van der Waals surface area contributed by atoms with E-state index in [4.69, 9.17) is 0 Å². The average molecular weight is 381 g/mol. The third-order valence-corrected chi connectivity index (χ3v) is 8.29. The molecule has 0 aliphatic carbocycles. The lowest BCUT2D eigenvalue weighted by Gasteiger charge is -2.30. The SMILES string of the molecule is CNCCC1CCN(S(=O)(=O)c2cc(C)c(Br)s2)CC1. The Kier molecular flexibility index (Phi) is 5.64. The molecule has 0 atom stereocenters.